The van der Waals surface area contributed by atoms with Crippen molar-refractivity contribution in [2.75, 3.05) is 46.4 Å². The second kappa shape index (κ2) is 12.9. The molecule has 0 saturated carbocycles. The second-order valence-corrected chi connectivity index (χ2v) is 10.8. The Hall–Kier alpha value is -2.93. The van der Waals surface area contributed by atoms with Crippen LogP contribution in [0.1, 0.15) is 30.0 Å². The molecule has 0 spiro atoms. The summed E-state index contributed by atoms with van der Waals surface area (Å²) in [4.78, 5) is 36.8. The van der Waals surface area contributed by atoms with Gasteiger partial charge in [-0.2, -0.15) is 0 Å². The van der Waals surface area contributed by atoms with Crippen molar-refractivity contribution in [2.24, 2.45) is 10.9 Å². The smallest absolute Gasteiger partial charge is 0.338 e. The number of benzene rings is 1. The van der Waals surface area contributed by atoms with Gasteiger partial charge in [0.1, 0.15) is 18.0 Å². The number of alkyl halides is 1. The van der Waals surface area contributed by atoms with E-state index >= 15 is 4.39 Å². The maximum Gasteiger partial charge on any atom is 0.338 e. The zero-order valence-corrected chi connectivity index (χ0v) is 23.1. The number of esters is 1. The van der Waals surface area contributed by atoms with Crippen molar-refractivity contribution in [1.29, 1.82) is 0 Å². The fourth-order valence-corrected chi connectivity index (χ4v) is 5.71. The van der Waals surface area contributed by atoms with Crippen molar-refractivity contribution in [3.63, 3.8) is 0 Å². The third-order valence-electron chi connectivity index (χ3n) is 6.61. The van der Waals surface area contributed by atoms with E-state index in [1.807, 2.05) is 4.90 Å². The standard InChI is InChI=1S/C26H30ClF2N5O4S/c1-3-38-26(37)22-20(13-34-8-6-15(19(29)12-34)11-33(2)14-21(35)36)31-24(25-30-7-9-39-25)32-23(22)17-5-4-16(28)10-18(17)27/h4-5,7,9-10,15,19,23H,3,6,8,11-14H2,1-2H3,(H,31,32)(H,35,36)/t15?,19?,23-/m0/s1. The molecule has 3 atom stereocenters. The van der Waals surface area contributed by atoms with E-state index in [9.17, 15) is 14.0 Å². The Balaban J connectivity index is 1.64. The molecule has 3 heterocycles. The molecular weight excluding hydrogens is 552 g/mol. The Morgan fingerprint density at radius 3 is 2.82 bits per heavy atom. The largest absolute Gasteiger partial charge is 0.480 e. The quantitative estimate of drug-likeness (QED) is 0.411. The number of carbonyl (C=O) groups excluding carboxylic acids is 1. The van der Waals surface area contributed by atoms with Gasteiger partial charge < -0.3 is 15.2 Å². The van der Waals surface area contributed by atoms with E-state index in [2.05, 4.69) is 10.3 Å². The van der Waals surface area contributed by atoms with E-state index in [-0.39, 0.29) is 42.8 Å². The van der Waals surface area contributed by atoms with Crippen LogP contribution in [0, 0.1) is 11.7 Å². The number of likely N-dealkylation sites (N-methyl/N-ethyl adjacent to an activating group) is 1. The Labute approximate surface area is 234 Å². The van der Waals surface area contributed by atoms with Crippen LogP contribution in [0.3, 0.4) is 0 Å². The van der Waals surface area contributed by atoms with Gasteiger partial charge >= 0.3 is 11.9 Å². The SMILES string of the molecule is CCOC(=O)C1=C(CN2CCC(CN(C)CC(=O)O)C(F)C2)NC(c2nccs2)=N[C@H]1c1ccc(F)cc1Cl. The number of carboxylic acid groups (broad SMARTS) is 1. The molecule has 0 radical (unpaired) electrons. The third kappa shape index (κ3) is 7.18. The normalized spacial score (nSPS) is 22.0. The van der Waals surface area contributed by atoms with E-state index < -0.39 is 30.0 Å². The summed E-state index contributed by atoms with van der Waals surface area (Å²) in [6.07, 6.45) is 0.974. The van der Waals surface area contributed by atoms with Crippen LogP contribution in [0.2, 0.25) is 5.02 Å². The van der Waals surface area contributed by atoms with Gasteiger partial charge in [-0.05, 0) is 39.1 Å². The maximum absolute atomic E-state index is 15.2. The molecule has 210 valence electrons. The van der Waals surface area contributed by atoms with E-state index in [0.717, 1.165) is 0 Å². The van der Waals surface area contributed by atoms with Gasteiger partial charge in [0, 0.05) is 53.4 Å². The van der Waals surface area contributed by atoms with E-state index in [1.54, 1.807) is 30.4 Å². The van der Waals surface area contributed by atoms with Crippen molar-refractivity contribution in [3.8, 4) is 0 Å². The zero-order valence-electron chi connectivity index (χ0n) is 21.6. The summed E-state index contributed by atoms with van der Waals surface area (Å²) in [6.45, 7) is 2.85. The molecule has 2 aliphatic rings. The van der Waals surface area contributed by atoms with Crippen LogP contribution in [-0.2, 0) is 14.3 Å². The molecule has 9 nitrogen and oxygen atoms in total. The summed E-state index contributed by atoms with van der Waals surface area (Å²) in [7, 11) is 1.66. The highest BCUT2D eigenvalue weighted by atomic mass is 35.5. The molecule has 0 amide bonds. The molecule has 1 fully saturated rings. The Bertz CT molecular complexity index is 1260. The number of hydrogen-bond donors (Lipinski definition) is 2. The predicted molar refractivity (Wildman–Crippen MR) is 144 cm³/mol. The first-order valence-corrected chi connectivity index (χ1v) is 13.8. The lowest BCUT2D eigenvalue weighted by molar-refractivity contribution is -0.139. The summed E-state index contributed by atoms with van der Waals surface area (Å²) in [5, 5.41) is 14.7. The van der Waals surface area contributed by atoms with Gasteiger partial charge in [0.05, 0.1) is 18.7 Å². The Kier molecular flexibility index (Phi) is 9.65. The second-order valence-electron chi connectivity index (χ2n) is 9.51. The number of carbonyl (C=O) groups is 2. The van der Waals surface area contributed by atoms with Gasteiger partial charge in [0.2, 0.25) is 0 Å². The van der Waals surface area contributed by atoms with Gasteiger partial charge in [-0.15, -0.1) is 11.3 Å². The first-order chi connectivity index (χ1) is 18.7. The molecule has 2 aromatic rings. The number of aliphatic carboxylic acids is 1. The average molecular weight is 582 g/mol. The van der Waals surface area contributed by atoms with Gasteiger partial charge in [-0.25, -0.2) is 18.6 Å². The van der Waals surface area contributed by atoms with Crippen LogP contribution in [0.4, 0.5) is 8.78 Å². The van der Waals surface area contributed by atoms with E-state index in [0.29, 0.717) is 41.6 Å². The Morgan fingerprint density at radius 2 is 2.18 bits per heavy atom. The summed E-state index contributed by atoms with van der Waals surface area (Å²) < 4.78 is 34.5. The van der Waals surface area contributed by atoms with Crippen LogP contribution in [0.5, 0.6) is 0 Å². The number of nitrogens with one attached hydrogen (secondary N) is 1. The minimum atomic E-state index is -1.18. The highest BCUT2D eigenvalue weighted by Gasteiger charge is 2.36. The number of amidine groups is 1. The van der Waals surface area contributed by atoms with Crippen molar-refractivity contribution >= 4 is 40.7 Å². The number of ether oxygens (including phenoxy) is 1. The highest BCUT2D eigenvalue weighted by molar-refractivity contribution is 7.11. The molecule has 1 saturated heterocycles. The number of aliphatic imine (C=N–C) groups is 1. The van der Waals surface area contributed by atoms with Gasteiger partial charge in [0.25, 0.3) is 0 Å². The first-order valence-electron chi connectivity index (χ1n) is 12.5. The van der Waals surface area contributed by atoms with Crippen molar-refractivity contribution in [3.05, 3.63) is 62.5 Å². The molecular formula is C26H30ClF2N5O4S. The van der Waals surface area contributed by atoms with Gasteiger partial charge in [-0.3, -0.25) is 19.6 Å². The van der Waals surface area contributed by atoms with Crippen molar-refractivity contribution < 1.29 is 28.2 Å². The molecule has 1 aromatic carbocycles. The number of likely N-dealkylation sites (tertiary alicyclic amines) is 1. The molecule has 2 aliphatic heterocycles. The fourth-order valence-electron chi connectivity index (χ4n) is 4.85. The minimum Gasteiger partial charge on any atom is -0.480 e. The first kappa shape index (κ1) is 29.1. The number of carboxylic acids is 1. The lowest BCUT2D eigenvalue weighted by Crippen LogP contribution is -2.48. The average Bonchev–Trinajstić information content (AvgIpc) is 3.40. The number of halogens is 3. The monoisotopic (exact) mass is 581 g/mol. The molecule has 4 rings (SSSR count). The molecule has 1 aromatic heterocycles. The number of hydrogen-bond acceptors (Lipinski definition) is 9. The lowest BCUT2D eigenvalue weighted by atomic mass is 9.92. The summed E-state index contributed by atoms with van der Waals surface area (Å²) in [5.74, 6) is -1.97. The summed E-state index contributed by atoms with van der Waals surface area (Å²) >= 11 is 7.77. The van der Waals surface area contributed by atoms with Gasteiger partial charge in [0.15, 0.2) is 10.8 Å². The minimum absolute atomic E-state index is 0.110. The van der Waals surface area contributed by atoms with E-state index in [4.69, 9.17) is 26.4 Å². The predicted octanol–water partition coefficient (Wildman–Crippen LogP) is 3.52. The number of rotatable bonds is 10. The number of piperidine rings is 1. The van der Waals surface area contributed by atoms with Gasteiger partial charge in [-0.1, -0.05) is 17.7 Å². The molecule has 13 heteroatoms. The van der Waals surface area contributed by atoms with Crippen molar-refractivity contribution in [2.45, 2.75) is 25.6 Å². The number of thiazole rings is 1. The Morgan fingerprint density at radius 1 is 1.38 bits per heavy atom. The molecule has 2 unspecified atom stereocenters. The molecule has 2 N–H and O–H groups in total. The highest BCUT2D eigenvalue weighted by Crippen LogP contribution is 2.37. The lowest BCUT2D eigenvalue weighted by Gasteiger charge is -2.37. The van der Waals surface area contributed by atoms with Crippen LogP contribution in [0.25, 0.3) is 0 Å². The zero-order chi connectivity index (χ0) is 28.1. The van der Waals surface area contributed by atoms with E-state index in [1.165, 1.54) is 29.5 Å². The fraction of sp³-hybridized carbons (Fsp3) is 0.462. The molecule has 39 heavy (non-hydrogen) atoms. The number of aromatic nitrogens is 1. The maximum atomic E-state index is 15.2. The number of nitrogens with zero attached hydrogens (tertiary/aromatic N) is 4. The molecule has 0 aliphatic carbocycles. The van der Waals surface area contributed by atoms with Crippen LogP contribution in [0.15, 0.2) is 46.0 Å². The van der Waals surface area contributed by atoms with Crippen molar-refractivity contribution in [1.82, 2.24) is 20.1 Å². The third-order valence-corrected chi connectivity index (χ3v) is 7.71. The topological polar surface area (TPSA) is 107 Å². The summed E-state index contributed by atoms with van der Waals surface area (Å²) in [5.41, 5.74) is 1.12. The summed E-state index contributed by atoms with van der Waals surface area (Å²) in [6, 6.07) is 3.02. The van der Waals surface area contributed by atoms with Crippen LogP contribution in [-0.4, -0.2) is 90.2 Å². The van der Waals surface area contributed by atoms with Crippen LogP contribution >= 0.6 is 22.9 Å². The molecule has 0 bridgehead atoms. The van der Waals surface area contributed by atoms with Crippen LogP contribution < -0.4 is 5.32 Å².